The lowest BCUT2D eigenvalue weighted by Gasteiger charge is -2.21. The van der Waals surface area contributed by atoms with Crippen molar-refractivity contribution in [2.24, 2.45) is 0 Å². The van der Waals surface area contributed by atoms with Gasteiger partial charge in [0.1, 0.15) is 5.82 Å². The quantitative estimate of drug-likeness (QED) is 0.701. The molecule has 0 bridgehead atoms. The first-order valence-electron chi connectivity index (χ1n) is 6.47. The van der Waals surface area contributed by atoms with Crippen molar-refractivity contribution in [1.29, 1.82) is 0 Å². The molecule has 1 unspecified atom stereocenters. The van der Waals surface area contributed by atoms with Crippen LogP contribution in [0.25, 0.3) is 0 Å². The molecule has 2 aromatic carbocycles. The van der Waals surface area contributed by atoms with Gasteiger partial charge in [0.05, 0.1) is 11.1 Å². The lowest BCUT2D eigenvalue weighted by atomic mass is 9.95. The summed E-state index contributed by atoms with van der Waals surface area (Å²) in [7, 11) is 0. The Morgan fingerprint density at radius 1 is 1.25 bits per heavy atom. The van der Waals surface area contributed by atoms with E-state index in [1.165, 1.54) is 6.07 Å². The van der Waals surface area contributed by atoms with Crippen LogP contribution in [-0.2, 0) is 0 Å². The standard InChI is InChI=1S/C16H16ClFIN/c1-3-20-16(11-5-7-15(19)14(17)8-11)13-9-12(18)6-4-10(13)2/h4-9,16,20H,3H2,1-2H3. The molecule has 0 radical (unpaired) electrons. The van der Waals surface area contributed by atoms with E-state index in [1.807, 2.05) is 38.1 Å². The molecule has 0 heterocycles. The smallest absolute Gasteiger partial charge is 0.123 e. The van der Waals surface area contributed by atoms with Gasteiger partial charge in [-0.1, -0.05) is 30.7 Å². The van der Waals surface area contributed by atoms with E-state index in [0.717, 1.165) is 31.8 Å². The molecule has 20 heavy (non-hydrogen) atoms. The highest BCUT2D eigenvalue weighted by atomic mass is 127. The molecule has 0 aliphatic carbocycles. The minimum atomic E-state index is -0.217. The Hall–Kier alpha value is -0.650. The number of benzene rings is 2. The van der Waals surface area contributed by atoms with Crippen molar-refractivity contribution < 1.29 is 4.39 Å². The van der Waals surface area contributed by atoms with Crippen molar-refractivity contribution in [2.75, 3.05) is 6.54 Å². The summed E-state index contributed by atoms with van der Waals surface area (Å²) < 4.78 is 14.6. The summed E-state index contributed by atoms with van der Waals surface area (Å²) in [6.45, 7) is 4.83. The number of hydrogen-bond acceptors (Lipinski definition) is 1. The maximum absolute atomic E-state index is 13.6. The van der Waals surface area contributed by atoms with Crippen molar-refractivity contribution in [2.45, 2.75) is 19.9 Å². The average Bonchev–Trinajstić information content (AvgIpc) is 2.42. The molecule has 1 N–H and O–H groups in total. The SMILES string of the molecule is CCNC(c1ccc(I)c(Cl)c1)c1cc(F)ccc1C. The van der Waals surface area contributed by atoms with Crippen LogP contribution < -0.4 is 5.32 Å². The van der Waals surface area contributed by atoms with Crippen LogP contribution in [0.3, 0.4) is 0 Å². The maximum Gasteiger partial charge on any atom is 0.123 e. The molecule has 0 saturated carbocycles. The molecule has 0 amide bonds. The summed E-state index contributed by atoms with van der Waals surface area (Å²) in [5, 5.41) is 4.12. The van der Waals surface area contributed by atoms with Crippen LogP contribution in [0.4, 0.5) is 4.39 Å². The van der Waals surface area contributed by atoms with E-state index in [9.17, 15) is 4.39 Å². The fraction of sp³-hybridized carbons (Fsp3) is 0.250. The fourth-order valence-corrected chi connectivity index (χ4v) is 2.75. The second-order valence-corrected chi connectivity index (χ2v) is 6.23. The molecule has 1 nitrogen and oxygen atoms in total. The van der Waals surface area contributed by atoms with E-state index in [4.69, 9.17) is 11.6 Å². The summed E-state index contributed by atoms with van der Waals surface area (Å²) >= 11 is 8.41. The molecule has 2 aromatic rings. The van der Waals surface area contributed by atoms with Gasteiger partial charge in [0.2, 0.25) is 0 Å². The van der Waals surface area contributed by atoms with Crippen molar-refractivity contribution in [3.8, 4) is 0 Å². The normalized spacial score (nSPS) is 12.4. The molecule has 0 saturated heterocycles. The van der Waals surface area contributed by atoms with Crippen LogP contribution in [-0.4, -0.2) is 6.54 Å². The van der Waals surface area contributed by atoms with E-state index >= 15 is 0 Å². The summed E-state index contributed by atoms with van der Waals surface area (Å²) in [6.07, 6.45) is 0. The van der Waals surface area contributed by atoms with Gasteiger partial charge in [-0.2, -0.15) is 0 Å². The number of halogens is 3. The molecule has 106 valence electrons. The number of rotatable bonds is 4. The van der Waals surface area contributed by atoms with E-state index in [1.54, 1.807) is 6.07 Å². The zero-order valence-electron chi connectivity index (χ0n) is 11.4. The molecule has 0 aliphatic rings. The van der Waals surface area contributed by atoms with Crippen LogP contribution >= 0.6 is 34.2 Å². The third-order valence-electron chi connectivity index (χ3n) is 3.24. The van der Waals surface area contributed by atoms with Gasteiger partial charge in [0, 0.05) is 3.57 Å². The van der Waals surface area contributed by atoms with Gasteiger partial charge in [0.25, 0.3) is 0 Å². The number of nitrogens with one attached hydrogen (secondary N) is 1. The molecule has 4 heteroatoms. The summed E-state index contributed by atoms with van der Waals surface area (Å²) in [4.78, 5) is 0. The third kappa shape index (κ3) is 3.51. The van der Waals surface area contributed by atoms with Crippen molar-refractivity contribution >= 4 is 34.2 Å². The summed E-state index contributed by atoms with van der Waals surface area (Å²) in [5.74, 6) is -0.217. The van der Waals surface area contributed by atoms with E-state index in [2.05, 4.69) is 27.9 Å². The molecule has 0 aromatic heterocycles. The predicted molar refractivity (Wildman–Crippen MR) is 90.8 cm³/mol. The Morgan fingerprint density at radius 3 is 2.65 bits per heavy atom. The molecular formula is C16H16ClFIN. The highest BCUT2D eigenvalue weighted by molar-refractivity contribution is 14.1. The van der Waals surface area contributed by atoms with Gasteiger partial charge in [-0.25, -0.2) is 4.39 Å². The first kappa shape index (κ1) is 15.7. The lowest BCUT2D eigenvalue weighted by Crippen LogP contribution is -2.23. The fourth-order valence-electron chi connectivity index (χ4n) is 2.23. The van der Waals surface area contributed by atoms with Crippen molar-refractivity contribution in [1.82, 2.24) is 5.32 Å². The molecule has 1 atom stereocenters. The monoisotopic (exact) mass is 403 g/mol. The van der Waals surface area contributed by atoms with Gasteiger partial charge >= 0.3 is 0 Å². The Bertz CT molecular complexity index is 615. The topological polar surface area (TPSA) is 12.0 Å². The van der Waals surface area contributed by atoms with Crippen LogP contribution in [0.5, 0.6) is 0 Å². The zero-order valence-corrected chi connectivity index (χ0v) is 14.3. The highest BCUT2D eigenvalue weighted by Crippen LogP contribution is 2.29. The van der Waals surface area contributed by atoms with Gasteiger partial charge in [-0.05, 0) is 77.0 Å². The Kier molecular flexibility index (Phi) is 5.41. The number of hydrogen-bond donors (Lipinski definition) is 1. The van der Waals surface area contributed by atoms with E-state index in [-0.39, 0.29) is 11.9 Å². The molecule has 0 spiro atoms. The molecule has 2 rings (SSSR count). The second kappa shape index (κ2) is 6.87. The molecule has 0 aliphatic heterocycles. The Labute approximate surface area is 137 Å². The third-order valence-corrected chi connectivity index (χ3v) is 4.81. The second-order valence-electron chi connectivity index (χ2n) is 4.67. The first-order chi connectivity index (χ1) is 9.52. The maximum atomic E-state index is 13.6. The Balaban J connectivity index is 2.49. The van der Waals surface area contributed by atoms with Crippen LogP contribution in [0.2, 0.25) is 5.02 Å². The summed E-state index contributed by atoms with van der Waals surface area (Å²) in [6, 6.07) is 10.8. The highest BCUT2D eigenvalue weighted by Gasteiger charge is 2.16. The van der Waals surface area contributed by atoms with Crippen LogP contribution in [0.15, 0.2) is 36.4 Å². The zero-order chi connectivity index (χ0) is 14.7. The Morgan fingerprint density at radius 2 is 2.00 bits per heavy atom. The van der Waals surface area contributed by atoms with E-state index in [0.29, 0.717) is 0 Å². The van der Waals surface area contributed by atoms with Gasteiger partial charge in [0.15, 0.2) is 0 Å². The average molecular weight is 404 g/mol. The van der Waals surface area contributed by atoms with Crippen LogP contribution in [0, 0.1) is 16.3 Å². The minimum absolute atomic E-state index is 0.0507. The first-order valence-corrected chi connectivity index (χ1v) is 7.93. The largest absolute Gasteiger partial charge is 0.307 e. The number of aryl methyl sites for hydroxylation is 1. The molecule has 0 fully saturated rings. The van der Waals surface area contributed by atoms with E-state index < -0.39 is 0 Å². The lowest BCUT2D eigenvalue weighted by molar-refractivity contribution is 0.600. The van der Waals surface area contributed by atoms with Gasteiger partial charge in [-0.15, -0.1) is 0 Å². The molecular weight excluding hydrogens is 388 g/mol. The van der Waals surface area contributed by atoms with Gasteiger partial charge < -0.3 is 5.32 Å². The minimum Gasteiger partial charge on any atom is -0.307 e. The summed E-state index contributed by atoms with van der Waals surface area (Å²) in [5.41, 5.74) is 3.06. The van der Waals surface area contributed by atoms with Gasteiger partial charge in [-0.3, -0.25) is 0 Å². The predicted octanol–water partition coefficient (Wildman–Crippen LogP) is 5.09. The van der Waals surface area contributed by atoms with Crippen molar-refractivity contribution in [3.63, 3.8) is 0 Å². The van der Waals surface area contributed by atoms with Crippen LogP contribution in [0.1, 0.15) is 29.7 Å². The van der Waals surface area contributed by atoms with Crippen molar-refractivity contribution in [3.05, 3.63) is 67.5 Å².